The lowest BCUT2D eigenvalue weighted by molar-refractivity contribution is -0.119. The summed E-state index contributed by atoms with van der Waals surface area (Å²) >= 11 is 0. The number of carbonyl (C=O) groups excluding carboxylic acids is 1. The summed E-state index contributed by atoms with van der Waals surface area (Å²) in [6.45, 7) is 4.14. The maximum Gasteiger partial charge on any atom is 0.159 e. The first-order valence-electron chi connectivity index (χ1n) is 4.57. The van der Waals surface area contributed by atoms with E-state index in [0.717, 1.165) is 12.8 Å². The Morgan fingerprint density at radius 3 is 3.00 bits per heavy atom. The highest BCUT2D eigenvalue weighted by atomic mass is 16.1. The van der Waals surface area contributed by atoms with Crippen molar-refractivity contribution in [3.8, 4) is 0 Å². The number of hydrogen-bond acceptors (Lipinski definition) is 1. The van der Waals surface area contributed by atoms with E-state index in [1.165, 1.54) is 0 Å². The van der Waals surface area contributed by atoms with Gasteiger partial charge in [-0.05, 0) is 31.8 Å². The monoisotopic (exact) mass is 164 g/mol. The Morgan fingerprint density at radius 1 is 1.67 bits per heavy atom. The van der Waals surface area contributed by atoms with E-state index in [4.69, 9.17) is 0 Å². The minimum Gasteiger partial charge on any atom is -0.295 e. The molecule has 0 N–H and O–H groups in total. The van der Waals surface area contributed by atoms with Crippen molar-refractivity contribution < 1.29 is 4.79 Å². The first-order valence-corrected chi connectivity index (χ1v) is 4.57. The van der Waals surface area contributed by atoms with Crippen molar-refractivity contribution in [3.05, 3.63) is 24.3 Å². The van der Waals surface area contributed by atoms with Crippen molar-refractivity contribution >= 4 is 5.78 Å². The van der Waals surface area contributed by atoms with E-state index in [9.17, 15) is 4.79 Å². The topological polar surface area (TPSA) is 17.1 Å². The zero-order valence-electron chi connectivity index (χ0n) is 7.79. The molecule has 1 aliphatic rings. The van der Waals surface area contributed by atoms with Gasteiger partial charge in [-0.3, -0.25) is 4.79 Å². The Hall–Kier alpha value is -0.850. The first-order chi connectivity index (χ1) is 5.75. The summed E-state index contributed by atoms with van der Waals surface area (Å²) in [5.74, 6) is 1.04. The van der Waals surface area contributed by atoms with Gasteiger partial charge in [0, 0.05) is 5.92 Å². The molecule has 0 heterocycles. The predicted octanol–water partition coefficient (Wildman–Crippen LogP) is 2.73. The molecule has 0 aliphatic heterocycles. The second-order valence-electron chi connectivity index (χ2n) is 3.43. The summed E-state index contributed by atoms with van der Waals surface area (Å²) in [5, 5.41) is 0. The molecule has 2 atom stereocenters. The number of carbonyl (C=O) groups is 1. The lowest BCUT2D eigenvalue weighted by Crippen LogP contribution is -2.22. The van der Waals surface area contributed by atoms with E-state index in [2.05, 4.69) is 13.0 Å². The first kappa shape index (κ1) is 9.24. The van der Waals surface area contributed by atoms with Gasteiger partial charge < -0.3 is 0 Å². The Kier molecular flexibility index (Phi) is 3.27. The molecule has 0 unspecified atom stereocenters. The van der Waals surface area contributed by atoms with Crippen LogP contribution in [0.3, 0.4) is 0 Å². The zero-order chi connectivity index (χ0) is 8.97. The van der Waals surface area contributed by atoms with Gasteiger partial charge in [-0.15, -0.1) is 0 Å². The summed E-state index contributed by atoms with van der Waals surface area (Å²) in [7, 11) is 0. The van der Waals surface area contributed by atoms with Gasteiger partial charge in [-0.25, -0.2) is 0 Å². The van der Waals surface area contributed by atoms with E-state index in [0.29, 0.717) is 11.7 Å². The van der Waals surface area contributed by atoms with Gasteiger partial charge in [0.05, 0.1) is 0 Å². The molecule has 0 bridgehead atoms. The van der Waals surface area contributed by atoms with Crippen LogP contribution in [0.4, 0.5) is 0 Å². The molecule has 0 saturated carbocycles. The van der Waals surface area contributed by atoms with E-state index >= 15 is 0 Å². The van der Waals surface area contributed by atoms with Gasteiger partial charge in [0.25, 0.3) is 0 Å². The lowest BCUT2D eigenvalue weighted by Gasteiger charge is -2.22. The highest BCUT2D eigenvalue weighted by molar-refractivity contribution is 5.92. The fraction of sp³-hybridized carbons (Fsp3) is 0.545. The third kappa shape index (κ3) is 2.07. The fourth-order valence-corrected chi connectivity index (χ4v) is 1.60. The summed E-state index contributed by atoms with van der Waals surface area (Å²) in [6, 6.07) is 0. The molecule has 0 aromatic rings. The van der Waals surface area contributed by atoms with E-state index in [1.54, 1.807) is 6.08 Å². The van der Waals surface area contributed by atoms with Gasteiger partial charge in [0.15, 0.2) is 5.78 Å². The molecular formula is C11H16O. The van der Waals surface area contributed by atoms with Crippen LogP contribution < -0.4 is 0 Å². The van der Waals surface area contributed by atoms with Crippen molar-refractivity contribution in [3.63, 3.8) is 0 Å². The van der Waals surface area contributed by atoms with Crippen LogP contribution in [0.1, 0.15) is 26.7 Å². The van der Waals surface area contributed by atoms with Crippen molar-refractivity contribution in [2.45, 2.75) is 26.7 Å². The number of hydrogen-bond donors (Lipinski definition) is 0. The van der Waals surface area contributed by atoms with Crippen molar-refractivity contribution in [1.29, 1.82) is 0 Å². The Balaban J connectivity index is 2.60. The van der Waals surface area contributed by atoms with Crippen LogP contribution >= 0.6 is 0 Å². The van der Waals surface area contributed by atoms with Crippen molar-refractivity contribution in [1.82, 2.24) is 0 Å². The number of ketones is 1. The minimum atomic E-state index is 0.228. The van der Waals surface area contributed by atoms with Gasteiger partial charge in [-0.2, -0.15) is 0 Å². The molecule has 0 fully saturated rings. The maximum absolute atomic E-state index is 11.4. The largest absolute Gasteiger partial charge is 0.295 e. The second-order valence-corrected chi connectivity index (χ2v) is 3.43. The molecular weight excluding hydrogens is 148 g/mol. The van der Waals surface area contributed by atoms with Crippen LogP contribution in [-0.2, 0) is 4.79 Å². The quantitative estimate of drug-likeness (QED) is 0.573. The SMILES string of the molecule is C/C=C/C[C@H]1C(=O)C=CC[C@@H]1C. The van der Waals surface area contributed by atoms with E-state index < -0.39 is 0 Å². The van der Waals surface area contributed by atoms with Crippen LogP contribution in [0.15, 0.2) is 24.3 Å². The predicted molar refractivity (Wildman–Crippen MR) is 50.8 cm³/mol. The Labute approximate surface area is 74.2 Å². The standard InChI is InChI=1S/C11H16O/c1-3-4-7-10-9(2)6-5-8-11(10)12/h3-5,8-10H,6-7H2,1-2H3/b4-3+/t9-,10+/m0/s1. The van der Waals surface area contributed by atoms with Gasteiger partial charge in [0.2, 0.25) is 0 Å². The normalized spacial score (nSPS) is 30.0. The molecule has 0 saturated heterocycles. The maximum atomic E-state index is 11.4. The van der Waals surface area contributed by atoms with Gasteiger partial charge in [-0.1, -0.05) is 25.2 Å². The fourth-order valence-electron chi connectivity index (χ4n) is 1.60. The third-order valence-corrected chi connectivity index (χ3v) is 2.47. The third-order valence-electron chi connectivity index (χ3n) is 2.47. The summed E-state index contributed by atoms with van der Waals surface area (Å²) < 4.78 is 0. The average Bonchev–Trinajstić information content (AvgIpc) is 2.04. The highest BCUT2D eigenvalue weighted by Gasteiger charge is 2.23. The molecule has 66 valence electrons. The smallest absolute Gasteiger partial charge is 0.159 e. The molecule has 0 aromatic heterocycles. The molecule has 1 heteroatoms. The zero-order valence-corrected chi connectivity index (χ0v) is 7.79. The minimum absolute atomic E-state index is 0.228. The molecule has 0 radical (unpaired) electrons. The molecule has 1 nitrogen and oxygen atoms in total. The van der Waals surface area contributed by atoms with E-state index in [-0.39, 0.29) is 5.92 Å². The second kappa shape index (κ2) is 4.24. The summed E-state index contributed by atoms with van der Waals surface area (Å²) in [5.41, 5.74) is 0. The molecule has 0 spiro atoms. The summed E-state index contributed by atoms with van der Waals surface area (Å²) in [6.07, 6.45) is 9.76. The highest BCUT2D eigenvalue weighted by Crippen LogP contribution is 2.25. The molecule has 0 aromatic carbocycles. The summed E-state index contributed by atoms with van der Waals surface area (Å²) in [4.78, 5) is 11.4. The van der Waals surface area contributed by atoms with Crippen LogP contribution in [0, 0.1) is 11.8 Å². The number of rotatable bonds is 2. The molecule has 12 heavy (non-hydrogen) atoms. The molecule has 1 aliphatic carbocycles. The number of allylic oxidation sites excluding steroid dienone is 4. The van der Waals surface area contributed by atoms with Crippen molar-refractivity contribution in [2.75, 3.05) is 0 Å². The Morgan fingerprint density at radius 2 is 2.42 bits per heavy atom. The molecule has 1 rings (SSSR count). The van der Waals surface area contributed by atoms with Gasteiger partial charge >= 0.3 is 0 Å². The average molecular weight is 164 g/mol. The lowest BCUT2D eigenvalue weighted by atomic mass is 9.81. The van der Waals surface area contributed by atoms with Crippen LogP contribution in [0.25, 0.3) is 0 Å². The van der Waals surface area contributed by atoms with Crippen LogP contribution in [-0.4, -0.2) is 5.78 Å². The van der Waals surface area contributed by atoms with Crippen LogP contribution in [0.2, 0.25) is 0 Å². The van der Waals surface area contributed by atoms with Gasteiger partial charge in [0.1, 0.15) is 0 Å². The van der Waals surface area contributed by atoms with E-state index in [1.807, 2.05) is 19.1 Å². The van der Waals surface area contributed by atoms with Crippen molar-refractivity contribution in [2.24, 2.45) is 11.8 Å². The van der Waals surface area contributed by atoms with Crippen LogP contribution in [0.5, 0.6) is 0 Å². The Bertz CT molecular complexity index is 213. The molecule has 0 amide bonds.